The summed E-state index contributed by atoms with van der Waals surface area (Å²) < 4.78 is 1.24. The van der Waals surface area contributed by atoms with Gasteiger partial charge in [-0.3, -0.25) is 4.68 Å². The summed E-state index contributed by atoms with van der Waals surface area (Å²) in [6.45, 7) is 0. The molecule has 2 rings (SSSR count). The Labute approximate surface area is 96.6 Å². The van der Waals surface area contributed by atoms with Crippen molar-refractivity contribution in [2.45, 2.75) is 15.9 Å². The first kappa shape index (κ1) is 10.9. The molecule has 15 heavy (non-hydrogen) atoms. The van der Waals surface area contributed by atoms with Gasteiger partial charge >= 0.3 is 0 Å². The molecule has 0 saturated carbocycles. The van der Waals surface area contributed by atoms with Gasteiger partial charge in [0.15, 0.2) is 0 Å². The lowest BCUT2D eigenvalue weighted by Crippen LogP contribution is -2.67. The van der Waals surface area contributed by atoms with Crippen LogP contribution in [0.4, 0.5) is 5.82 Å². The Morgan fingerprint density at radius 1 is 1.13 bits per heavy atom. The monoisotopic (exact) mass is 183 g/mol. The maximum absolute atomic E-state index is 5.82. The molecule has 0 spiro atoms. The van der Waals surface area contributed by atoms with Crippen LogP contribution in [0.25, 0.3) is 0 Å². The zero-order valence-corrected chi connectivity index (χ0v) is 8.01. The Morgan fingerprint density at radius 3 is 2.33 bits per heavy atom. The van der Waals surface area contributed by atoms with Crippen molar-refractivity contribution in [3.63, 3.8) is 0 Å². The fourth-order valence-electron chi connectivity index (χ4n) is 1.51. The minimum atomic E-state index is -1.76. The largest absolute Gasteiger partial charge is 0.383 e. The van der Waals surface area contributed by atoms with Crippen molar-refractivity contribution in [2.24, 2.45) is 0 Å². The van der Waals surface area contributed by atoms with Crippen LogP contribution >= 0.6 is 0 Å². The third-order valence-corrected chi connectivity index (χ3v) is 2.68. The molecule has 0 fully saturated rings. The van der Waals surface area contributed by atoms with Gasteiger partial charge in [-0.2, -0.15) is 5.10 Å². The Morgan fingerprint density at radius 2 is 1.73 bits per heavy atom. The average molecular weight is 182 g/mol. The fourth-order valence-corrected chi connectivity index (χ4v) is 1.51. The Balaban J connectivity index is 2.65. The molecular formula is C6H3B6N3. The molecule has 1 aromatic heterocycles. The molecule has 0 amide bonds. The minimum Gasteiger partial charge on any atom is -0.383 e. The van der Waals surface area contributed by atoms with Gasteiger partial charge in [0.25, 0.3) is 0 Å². The van der Waals surface area contributed by atoms with Crippen molar-refractivity contribution in [1.29, 1.82) is 0 Å². The molecule has 0 aliphatic carbocycles. The molecule has 0 saturated heterocycles. The molecule has 1 N–H and O–H groups in total. The number of fused-ring (bicyclic) bond motifs is 1. The molecule has 2 heterocycles. The lowest BCUT2D eigenvalue weighted by Gasteiger charge is -2.59. The van der Waals surface area contributed by atoms with Gasteiger partial charge in [0.2, 0.25) is 0 Å². The van der Waals surface area contributed by atoms with Crippen molar-refractivity contribution >= 4 is 52.9 Å². The maximum atomic E-state index is 5.82. The van der Waals surface area contributed by atoms with Gasteiger partial charge in [-0.25, -0.2) is 0 Å². The number of nitrogens with zero attached hydrogens (tertiary/aromatic N) is 2. The molecule has 60 valence electrons. The molecule has 1 aromatic rings. The van der Waals surface area contributed by atoms with Gasteiger partial charge in [-0.05, 0) is 10.7 Å². The number of aromatic nitrogens is 2. The van der Waals surface area contributed by atoms with Crippen molar-refractivity contribution in [3.8, 4) is 0 Å². The Hall–Kier alpha value is -0.600. The van der Waals surface area contributed by atoms with E-state index in [2.05, 4.69) is 10.4 Å². The van der Waals surface area contributed by atoms with Gasteiger partial charge in [0, 0.05) is 6.07 Å². The normalized spacial score (nSPS) is 25.1. The van der Waals surface area contributed by atoms with E-state index in [1.165, 1.54) is 10.9 Å². The highest BCUT2D eigenvalue weighted by molar-refractivity contribution is 6.61. The van der Waals surface area contributed by atoms with E-state index in [1.807, 2.05) is 0 Å². The first-order chi connectivity index (χ1) is 6.70. The summed E-state index contributed by atoms with van der Waals surface area (Å²) in [4.78, 5) is 0. The summed E-state index contributed by atoms with van der Waals surface area (Å²) in [5.74, 6) is 0.455. The summed E-state index contributed by atoms with van der Waals surface area (Å²) in [6, 6.07) is 1.61. The smallest absolute Gasteiger partial charge is 0.122 e. The minimum absolute atomic E-state index is 0.455. The lowest BCUT2D eigenvalue weighted by atomic mass is 9.22. The third kappa shape index (κ3) is 1.18. The topological polar surface area (TPSA) is 29.9 Å². The van der Waals surface area contributed by atoms with Gasteiger partial charge in [-0.1, -0.05) is 5.21 Å². The Bertz CT molecular complexity index is 397. The predicted octanol–water partition coefficient (Wildman–Crippen LogP) is -2.30. The Kier molecular flexibility index (Phi) is 1.99. The van der Waals surface area contributed by atoms with Crippen LogP contribution in [0.15, 0.2) is 12.3 Å². The number of rotatable bonds is 0. The summed E-state index contributed by atoms with van der Waals surface area (Å²) in [5.41, 5.74) is 0. The fraction of sp³-hybridized carbons (Fsp3) is 0.500. The van der Waals surface area contributed by atoms with Crippen LogP contribution in [0.1, 0.15) is 0 Å². The van der Waals surface area contributed by atoms with Gasteiger partial charge < -0.3 is 5.32 Å². The van der Waals surface area contributed by atoms with Crippen LogP contribution in [0.5, 0.6) is 0 Å². The summed E-state index contributed by atoms with van der Waals surface area (Å²) in [5, 5.41) is 1.53. The van der Waals surface area contributed by atoms with E-state index in [-0.39, 0.29) is 0 Å². The molecule has 9 heteroatoms. The highest BCUT2D eigenvalue weighted by Crippen LogP contribution is 2.46. The van der Waals surface area contributed by atoms with E-state index in [1.54, 1.807) is 6.07 Å². The second-order valence-corrected chi connectivity index (χ2v) is 3.82. The number of hydrogen-bond donors (Lipinski definition) is 1. The zero-order chi connectivity index (χ0) is 11.5. The predicted molar refractivity (Wildman–Crippen MR) is 63.8 cm³/mol. The van der Waals surface area contributed by atoms with Crippen LogP contribution in [0.3, 0.4) is 0 Å². The molecule has 0 bridgehead atoms. The number of nitrogens with one attached hydrogen (secondary N) is 1. The van der Waals surface area contributed by atoms with Crippen LogP contribution in [-0.4, -0.2) is 62.2 Å². The summed E-state index contributed by atoms with van der Waals surface area (Å²) in [7, 11) is 34.6. The highest BCUT2D eigenvalue weighted by atomic mass is 15.4. The summed E-state index contributed by atoms with van der Waals surface area (Å²) >= 11 is 0. The first-order valence-electron chi connectivity index (χ1n) is 4.26. The SMILES string of the molecule is [B]C1([B])Nc2ccnn2C([B])([B])C1([B])[B]. The van der Waals surface area contributed by atoms with Gasteiger partial charge in [0.1, 0.15) is 5.82 Å². The van der Waals surface area contributed by atoms with E-state index < -0.39 is 15.9 Å². The number of anilines is 1. The maximum Gasteiger partial charge on any atom is 0.122 e. The quantitative estimate of drug-likeness (QED) is 0.457. The number of hydrogen-bond acceptors (Lipinski definition) is 2. The zero-order valence-electron chi connectivity index (χ0n) is 8.01. The molecule has 0 unspecified atom stereocenters. The van der Waals surface area contributed by atoms with Crippen molar-refractivity contribution < 1.29 is 0 Å². The van der Waals surface area contributed by atoms with E-state index in [0.717, 1.165) is 0 Å². The second-order valence-electron chi connectivity index (χ2n) is 3.82. The molecule has 12 radical (unpaired) electrons. The molecule has 0 aromatic carbocycles. The molecule has 3 nitrogen and oxygen atoms in total. The van der Waals surface area contributed by atoms with Gasteiger partial charge in [0.05, 0.1) is 53.3 Å². The van der Waals surface area contributed by atoms with Crippen molar-refractivity contribution in [3.05, 3.63) is 12.3 Å². The van der Waals surface area contributed by atoms with Crippen LogP contribution < -0.4 is 5.32 Å². The van der Waals surface area contributed by atoms with E-state index in [9.17, 15) is 0 Å². The standard InChI is InChI=1S/C6H3B6N3/c7-4(8)5(9,10)14-3-1-2-13-15(3)6(4,11)12/h1-2,14H. The van der Waals surface area contributed by atoms with Crippen LogP contribution in [0, 0.1) is 0 Å². The van der Waals surface area contributed by atoms with Crippen LogP contribution in [-0.2, 0) is 5.34 Å². The first-order valence-corrected chi connectivity index (χ1v) is 4.26. The molecule has 1 aliphatic rings. The molecular weight excluding hydrogens is 179 g/mol. The lowest BCUT2D eigenvalue weighted by molar-refractivity contribution is 0.418. The molecule has 1 aliphatic heterocycles. The van der Waals surface area contributed by atoms with Crippen LogP contribution in [0.2, 0.25) is 5.21 Å². The van der Waals surface area contributed by atoms with Gasteiger partial charge in [-0.15, -0.1) is 0 Å². The second kappa shape index (κ2) is 2.74. The third-order valence-electron chi connectivity index (χ3n) is 2.68. The van der Waals surface area contributed by atoms with Crippen molar-refractivity contribution in [1.82, 2.24) is 9.78 Å². The molecule has 0 atom stereocenters. The summed E-state index contributed by atoms with van der Waals surface area (Å²) in [6.07, 6.45) is 1.48. The van der Waals surface area contributed by atoms with E-state index in [4.69, 9.17) is 47.1 Å². The highest BCUT2D eigenvalue weighted by Gasteiger charge is 2.50. The van der Waals surface area contributed by atoms with E-state index in [0.29, 0.717) is 5.82 Å². The van der Waals surface area contributed by atoms with Crippen molar-refractivity contribution in [2.75, 3.05) is 5.32 Å². The average Bonchev–Trinajstić information content (AvgIpc) is 2.49. The van der Waals surface area contributed by atoms with E-state index >= 15 is 0 Å².